The van der Waals surface area contributed by atoms with Crippen molar-refractivity contribution >= 4 is 100 Å². The topological polar surface area (TPSA) is 481 Å². The van der Waals surface area contributed by atoms with Crippen molar-refractivity contribution in [2.75, 3.05) is 39.8 Å². The van der Waals surface area contributed by atoms with E-state index in [2.05, 4.69) is 68.5 Å². The molecule has 2 aromatic rings. The van der Waals surface area contributed by atoms with E-state index in [-0.39, 0.29) is 89.3 Å². The Morgan fingerprint density at radius 1 is 0.728 bits per heavy atom. The highest BCUT2D eigenvalue weighted by atomic mass is 35.5. The Morgan fingerprint density at radius 3 is 2.02 bits per heavy atom. The van der Waals surface area contributed by atoms with Crippen molar-refractivity contribution in [3.8, 4) is 0 Å². The second kappa shape index (κ2) is 35.8. The van der Waals surface area contributed by atoms with Crippen molar-refractivity contribution in [3.05, 3.63) is 64.9 Å². The minimum absolute atomic E-state index is 0.0171. The molecule has 4 heterocycles. The molecule has 3 saturated heterocycles. The van der Waals surface area contributed by atoms with E-state index in [0.717, 1.165) is 4.90 Å². The molecule has 1 aromatic carbocycles. The first kappa shape index (κ1) is 73.2. The zero-order chi connectivity index (χ0) is 67.8. The molecule has 3 aliphatic rings. The first-order valence-corrected chi connectivity index (χ1v) is 30.8. The second-order valence-corrected chi connectivity index (χ2v) is 23.6. The molecule has 1 aromatic heterocycles. The van der Waals surface area contributed by atoms with Crippen molar-refractivity contribution in [2.45, 2.75) is 165 Å². The predicted octanol–water partition coefficient (Wildman–Crippen LogP) is -4.83. The highest BCUT2D eigenvalue weighted by molar-refractivity contribution is 6.30. The number of nitrogens with one attached hydrogen (secondary N) is 11. The molecule has 2 bridgehead atoms. The van der Waals surface area contributed by atoms with E-state index < -0.39 is 175 Å². The number of likely N-dealkylation sites (N-methyl/N-ethyl adjacent to an activating group) is 1. The number of nitrogens with two attached hydrogens (primary N) is 3. The van der Waals surface area contributed by atoms with Gasteiger partial charge < -0.3 is 85.5 Å². The molecule has 0 radical (unpaired) electrons. The van der Waals surface area contributed by atoms with Crippen LogP contribution in [0.4, 0.5) is 0 Å². The number of halogens is 1. The second-order valence-electron chi connectivity index (χ2n) is 23.2. The summed E-state index contributed by atoms with van der Waals surface area (Å²) in [4.78, 5) is 208. The number of carbonyl (C=O) groups excluding carboxylic acids is 14. The van der Waals surface area contributed by atoms with Gasteiger partial charge in [0.25, 0.3) is 0 Å². The molecule has 0 aliphatic carbocycles. The van der Waals surface area contributed by atoms with Crippen LogP contribution in [0.5, 0.6) is 0 Å². The molecule has 5 rings (SSSR count). The van der Waals surface area contributed by atoms with E-state index >= 15 is 9.59 Å². The van der Waals surface area contributed by atoms with Crippen LogP contribution in [0.25, 0.3) is 0 Å². The van der Waals surface area contributed by atoms with Crippen LogP contribution in [0.15, 0.2) is 53.8 Å². The number of aromatic nitrogens is 1. The van der Waals surface area contributed by atoms with Gasteiger partial charge in [-0.3, -0.25) is 77.1 Å². The number of benzene rings is 1. The van der Waals surface area contributed by atoms with E-state index in [1.54, 1.807) is 57.2 Å². The Kier molecular flexibility index (Phi) is 28.5. The molecule has 0 saturated carbocycles. The van der Waals surface area contributed by atoms with Gasteiger partial charge in [-0.2, -0.15) is 0 Å². The number of amides is 14. The van der Waals surface area contributed by atoms with Crippen molar-refractivity contribution in [2.24, 2.45) is 28.1 Å². The van der Waals surface area contributed by atoms with E-state index in [0.29, 0.717) is 16.1 Å². The molecule has 17 N–H and O–H groups in total. The molecule has 502 valence electrons. The lowest BCUT2D eigenvalue weighted by atomic mass is 10.0. The van der Waals surface area contributed by atoms with Crippen LogP contribution in [0, 0.1) is 5.92 Å². The number of guanidine groups is 1. The molecule has 14 amide bonds. The highest BCUT2D eigenvalue weighted by Gasteiger charge is 2.41. The Hall–Kier alpha value is -9.49. The first-order chi connectivity index (χ1) is 43.6. The largest absolute Gasteiger partial charge is 0.370 e. The summed E-state index contributed by atoms with van der Waals surface area (Å²) in [5, 5.41) is 28.7. The molecule has 10 atom stereocenters. The van der Waals surface area contributed by atoms with Gasteiger partial charge in [0, 0.05) is 76.8 Å². The average Bonchev–Trinajstić information content (AvgIpc) is 1.64. The van der Waals surface area contributed by atoms with Crippen LogP contribution in [-0.2, 0) is 80.0 Å². The van der Waals surface area contributed by atoms with Crippen LogP contribution in [0.2, 0.25) is 5.02 Å². The maximum atomic E-state index is 15.1. The molecular formula is C59H85ClN18O14. The van der Waals surface area contributed by atoms with Crippen molar-refractivity contribution in [1.82, 2.24) is 73.3 Å². The summed E-state index contributed by atoms with van der Waals surface area (Å²) in [6, 6.07) is -5.93. The summed E-state index contributed by atoms with van der Waals surface area (Å²) in [6.07, 6.45) is 0.201. The van der Waals surface area contributed by atoms with Crippen LogP contribution < -0.4 is 75.7 Å². The third-order valence-electron chi connectivity index (χ3n) is 15.3. The summed E-state index contributed by atoms with van der Waals surface area (Å²) in [6.45, 7) is 4.76. The Bertz CT molecular complexity index is 3040. The van der Waals surface area contributed by atoms with Gasteiger partial charge in [0.1, 0.15) is 60.4 Å². The van der Waals surface area contributed by atoms with Gasteiger partial charge in [-0.15, -0.1) is 0 Å². The zero-order valence-corrected chi connectivity index (χ0v) is 52.9. The van der Waals surface area contributed by atoms with Gasteiger partial charge in [-0.1, -0.05) is 50.6 Å². The third kappa shape index (κ3) is 23.4. The van der Waals surface area contributed by atoms with E-state index in [1.807, 2.05) is 0 Å². The quantitative estimate of drug-likeness (QED) is 0.0272. The van der Waals surface area contributed by atoms with Gasteiger partial charge in [-0.05, 0) is 86.6 Å². The fourth-order valence-corrected chi connectivity index (χ4v) is 10.5. The molecule has 3 fully saturated rings. The molecule has 32 nitrogen and oxygen atoms in total. The number of hydrogen-bond acceptors (Lipinski definition) is 16. The summed E-state index contributed by atoms with van der Waals surface area (Å²) in [7, 11) is 1.29. The smallest absolute Gasteiger partial charge is 0.245 e. The van der Waals surface area contributed by atoms with Gasteiger partial charge >= 0.3 is 0 Å². The number of primary amides is 1. The Morgan fingerprint density at radius 2 is 1.38 bits per heavy atom. The average molecular weight is 1310 g/mol. The minimum Gasteiger partial charge on any atom is -0.370 e. The SMILES string of the molecule is CC[C@H](NC(C)=O)C(=O)N[C@@H](Cc1ccc(Cl)cc1)C(=O)N[C@@H](Cc1cccnc1)C(=O)N[C@H]1CC(=O)NCC(C(N)=O)NC(=O)[C@@H]2CCCN2C(=O)C2CCNC(=O)CN(C)C(=O)CC[C@H](NC1=O)C(=O)N[C@@H](CCCN=C(N)N)C(=O)N[C@H](CC(C)C)C(=O)N2. The normalized spacial score (nSPS) is 22.9. The van der Waals surface area contributed by atoms with Gasteiger partial charge in [0.2, 0.25) is 82.7 Å². The molecule has 2 unspecified atom stereocenters. The number of nitrogens with zero attached hydrogens (tertiary/aromatic N) is 4. The van der Waals surface area contributed by atoms with Crippen molar-refractivity contribution in [3.63, 3.8) is 0 Å². The number of hydrogen-bond donors (Lipinski definition) is 14. The van der Waals surface area contributed by atoms with Gasteiger partial charge in [0.15, 0.2) is 5.96 Å². The zero-order valence-electron chi connectivity index (χ0n) is 52.1. The maximum absolute atomic E-state index is 15.1. The summed E-state index contributed by atoms with van der Waals surface area (Å²) in [5.74, 6) is -13.4. The fraction of sp³-hybridized carbons (Fsp3) is 0.559. The number of pyridine rings is 1. The predicted molar refractivity (Wildman–Crippen MR) is 332 cm³/mol. The van der Waals surface area contributed by atoms with Gasteiger partial charge in [-0.25, -0.2) is 0 Å². The summed E-state index contributed by atoms with van der Waals surface area (Å²) < 4.78 is 0. The summed E-state index contributed by atoms with van der Waals surface area (Å²) >= 11 is 6.16. The van der Waals surface area contributed by atoms with Crippen molar-refractivity contribution < 1.29 is 67.1 Å². The molecule has 3 aliphatic heterocycles. The number of carbonyl (C=O) groups is 14. The lowest BCUT2D eigenvalue weighted by molar-refractivity contribution is -0.142. The third-order valence-corrected chi connectivity index (χ3v) is 15.5. The number of fused-ring (bicyclic) bond motifs is 10. The Labute approximate surface area is 536 Å². The lowest BCUT2D eigenvalue weighted by Crippen LogP contribution is -2.61. The van der Waals surface area contributed by atoms with Crippen LogP contribution in [0.1, 0.15) is 103 Å². The van der Waals surface area contributed by atoms with Gasteiger partial charge in [0.05, 0.1) is 13.0 Å². The minimum atomic E-state index is -2.03. The van der Waals surface area contributed by atoms with Crippen LogP contribution >= 0.6 is 11.6 Å². The monoisotopic (exact) mass is 1300 g/mol. The lowest BCUT2D eigenvalue weighted by Gasteiger charge is -2.31. The number of rotatable bonds is 19. The number of aliphatic imine (C=N–C) groups is 1. The van der Waals surface area contributed by atoms with Crippen molar-refractivity contribution in [1.29, 1.82) is 0 Å². The van der Waals surface area contributed by atoms with E-state index in [1.165, 1.54) is 31.3 Å². The maximum Gasteiger partial charge on any atom is 0.245 e. The fourth-order valence-electron chi connectivity index (χ4n) is 10.4. The van der Waals surface area contributed by atoms with Crippen LogP contribution in [0.3, 0.4) is 0 Å². The van der Waals surface area contributed by atoms with E-state index in [4.69, 9.17) is 28.8 Å². The molecule has 0 spiro atoms. The molecule has 33 heteroatoms. The Balaban J connectivity index is 1.65. The van der Waals surface area contributed by atoms with Crippen LogP contribution in [-0.4, -0.2) is 204 Å². The first-order valence-electron chi connectivity index (χ1n) is 30.4. The standard InChI is InChI=1S/C59H85ClN18O14/c1-6-36(68-32(4)79)50(84)73-41(25-33-13-15-35(60)16-14-33)54(88)74-42(26-34-10-7-20-64-28-34)55(89)75-43-27-46(80)67-29-44(49(61)83)76-57(91)45-12-9-23-78(45)58(92)39-19-22-65-47(81)30-77(5)48(82)18-17-38(70-56(43)90)52(86)69-37(11-8-21-66-59(62)63)51(85)72-40(24-31(2)3)53(87)71-39/h7,10,13-16,20,28,31,36-45H,6,8-9,11-12,17-19,21-27,29-30H2,1-5H3,(H2,61,83)(H,65,81)(H,67,80)(H,68,79)(H,69,86)(H,70,90)(H,71,87)(H,72,85)(H,73,84)(H,74,88)(H,75,89)(H,76,91)(H4,62,63,66)/t36-,37-,38-,39?,40+,41-,42-,43-,44?,45-/m0/s1. The molecular weight excluding hydrogens is 1220 g/mol. The summed E-state index contributed by atoms with van der Waals surface area (Å²) in [5.41, 5.74) is 17.8. The highest BCUT2D eigenvalue weighted by Crippen LogP contribution is 2.21. The van der Waals surface area contributed by atoms with E-state index in [9.17, 15) is 57.5 Å². The molecule has 92 heavy (non-hydrogen) atoms.